The van der Waals surface area contributed by atoms with Crippen LogP contribution in [0.4, 0.5) is 0 Å². The molecule has 0 amide bonds. The third-order valence-electron chi connectivity index (χ3n) is 3.62. The van der Waals surface area contributed by atoms with Crippen LogP contribution in [-0.4, -0.2) is 43.9 Å². The molecule has 112 valence electrons. The maximum absolute atomic E-state index is 11.9. The normalized spacial score (nSPS) is 23.2. The summed E-state index contributed by atoms with van der Waals surface area (Å²) in [6.07, 6.45) is 5.74. The van der Waals surface area contributed by atoms with Crippen molar-refractivity contribution < 1.29 is 13.2 Å². The maximum atomic E-state index is 11.9. The molecular formula is C13H26N2O3S. The Morgan fingerprint density at radius 1 is 1.47 bits per heavy atom. The zero-order chi connectivity index (χ0) is 14.5. The van der Waals surface area contributed by atoms with E-state index in [2.05, 4.69) is 6.92 Å². The van der Waals surface area contributed by atoms with Crippen LogP contribution in [0.25, 0.3) is 0 Å². The highest BCUT2D eigenvalue weighted by Gasteiger charge is 2.27. The van der Waals surface area contributed by atoms with Gasteiger partial charge >= 0.3 is 0 Å². The van der Waals surface area contributed by atoms with Crippen molar-refractivity contribution in [1.29, 1.82) is 0 Å². The zero-order valence-electron chi connectivity index (χ0n) is 12.0. The number of nitrogens with zero attached hydrogens (tertiary/aromatic N) is 1. The Morgan fingerprint density at radius 3 is 2.74 bits per heavy atom. The Bertz CT molecular complexity index is 395. The predicted molar refractivity (Wildman–Crippen MR) is 76.3 cm³/mol. The molecule has 0 aromatic heterocycles. The first kappa shape index (κ1) is 16.6. The SMILES string of the molecule is CCCC(N)CC(=O)CC1CCCN(S(C)(=O)=O)C1. The highest BCUT2D eigenvalue weighted by atomic mass is 32.2. The van der Waals surface area contributed by atoms with Gasteiger partial charge in [0.05, 0.1) is 6.26 Å². The number of hydrogen-bond acceptors (Lipinski definition) is 4. The minimum absolute atomic E-state index is 0.0490. The summed E-state index contributed by atoms with van der Waals surface area (Å²) in [4.78, 5) is 11.9. The molecule has 2 atom stereocenters. The van der Waals surface area contributed by atoms with E-state index in [1.165, 1.54) is 10.6 Å². The van der Waals surface area contributed by atoms with Crippen LogP contribution in [0.2, 0.25) is 0 Å². The average Bonchev–Trinajstić information content (AvgIpc) is 2.28. The summed E-state index contributed by atoms with van der Waals surface area (Å²) < 4.78 is 24.5. The molecule has 2 N–H and O–H groups in total. The molecule has 19 heavy (non-hydrogen) atoms. The standard InChI is InChI=1S/C13H26N2O3S/c1-3-5-12(14)9-13(16)8-11-6-4-7-15(10-11)19(2,17)18/h11-12H,3-10,14H2,1-2H3. The molecule has 5 nitrogen and oxygen atoms in total. The number of nitrogens with two attached hydrogens (primary N) is 1. The number of sulfonamides is 1. The fourth-order valence-electron chi connectivity index (χ4n) is 2.67. The van der Waals surface area contributed by atoms with Gasteiger partial charge < -0.3 is 5.73 Å². The van der Waals surface area contributed by atoms with E-state index >= 15 is 0 Å². The molecule has 0 saturated carbocycles. The summed E-state index contributed by atoms with van der Waals surface area (Å²) in [6.45, 7) is 3.11. The van der Waals surface area contributed by atoms with Crippen molar-refractivity contribution in [3.05, 3.63) is 0 Å². The van der Waals surface area contributed by atoms with Gasteiger partial charge in [-0.3, -0.25) is 4.79 Å². The number of hydrogen-bond donors (Lipinski definition) is 1. The van der Waals surface area contributed by atoms with Gasteiger partial charge in [-0.25, -0.2) is 12.7 Å². The molecule has 1 rings (SSSR count). The highest BCUT2D eigenvalue weighted by molar-refractivity contribution is 7.88. The van der Waals surface area contributed by atoms with Crippen molar-refractivity contribution in [2.75, 3.05) is 19.3 Å². The van der Waals surface area contributed by atoms with Crippen LogP contribution in [0.15, 0.2) is 0 Å². The van der Waals surface area contributed by atoms with Gasteiger partial charge in [0.1, 0.15) is 5.78 Å². The Kier molecular flexibility index (Phi) is 6.42. The smallest absolute Gasteiger partial charge is 0.211 e. The second kappa shape index (κ2) is 7.36. The third-order valence-corrected chi connectivity index (χ3v) is 4.89. The van der Waals surface area contributed by atoms with Crippen LogP contribution in [-0.2, 0) is 14.8 Å². The number of carbonyl (C=O) groups excluding carboxylic acids is 1. The molecule has 0 bridgehead atoms. The lowest BCUT2D eigenvalue weighted by molar-refractivity contribution is -0.120. The quantitative estimate of drug-likeness (QED) is 0.762. The van der Waals surface area contributed by atoms with Crippen LogP contribution in [0, 0.1) is 5.92 Å². The van der Waals surface area contributed by atoms with Crippen molar-refractivity contribution in [2.24, 2.45) is 11.7 Å². The Labute approximate surface area is 116 Å². The van der Waals surface area contributed by atoms with E-state index in [9.17, 15) is 13.2 Å². The van der Waals surface area contributed by atoms with E-state index in [4.69, 9.17) is 5.73 Å². The van der Waals surface area contributed by atoms with Gasteiger partial charge in [-0.05, 0) is 25.2 Å². The molecule has 1 heterocycles. The topological polar surface area (TPSA) is 80.5 Å². The largest absolute Gasteiger partial charge is 0.327 e. The Hall–Kier alpha value is -0.460. The van der Waals surface area contributed by atoms with E-state index in [0.717, 1.165) is 25.7 Å². The molecule has 0 spiro atoms. The fourth-order valence-corrected chi connectivity index (χ4v) is 3.61. The van der Waals surface area contributed by atoms with E-state index in [1.54, 1.807) is 0 Å². The van der Waals surface area contributed by atoms with Crippen molar-refractivity contribution in [2.45, 2.75) is 51.5 Å². The molecule has 0 radical (unpaired) electrons. The van der Waals surface area contributed by atoms with Crippen LogP contribution in [0.5, 0.6) is 0 Å². The van der Waals surface area contributed by atoms with Crippen LogP contribution >= 0.6 is 0 Å². The molecule has 0 aliphatic carbocycles. The zero-order valence-corrected chi connectivity index (χ0v) is 12.8. The molecule has 6 heteroatoms. The summed E-state index contributed by atoms with van der Waals surface area (Å²) in [7, 11) is -3.13. The molecule has 0 aromatic rings. The number of ketones is 1. The lowest BCUT2D eigenvalue weighted by Crippen LogP contribution is -2.40. The maximum Gasteiger partial charge on any atom is 0.211 e. The summed E-state index contributed by atoms with van der Waals surface area (Å²) in [5.41, 5.74) is 5.86. The molecule has 0 aromatic carbocycles. The van der Waals surface area contributed by atoms with Gasteiger partial charge in [0.25, 0.3) is 0 Å². The van der Waals surface area contributed by atoms with Gasteiger partial charge in [-0.1, -0.05) is 13.3 Å². The fraction of sp³-hybridized carbons (Fsp3) is 0.923. The Morgan fingerprint density at radius 2 is 2.16 bits per heavy atom. The first-order valence-electron chi connectivity index (χ1n) is 7.05. The number of Topliss-reactive ketones (excluding diaryl/α,β-unsaturated/α-hetero) is 1. The van der Waals surface area contributed by atoms with Crippen molar-refractivity contribution in [3.8, 4) is 0 Å². The average molecular weight is 290 g/mol. The third kappa shape index (κ3) is 6.01. The van der Waals surface area contributed by atoms with E-state index in [1.807, 2.05) is 0 Å². The molecular weight excluding hydrogens is 264 g/mol. The Balaban J connectivity index is 2.42. The highest BCUT2D eigenvalue weighted by Crippen LogP contribution is 2.22. The number of piperidine rings is 1. The molecule has 2 unspecified atom stereocenters. The van der Waals surface area contributed by atoms with E-state index in [0.29, 0.717) is 25.9 Å². The first-order chi connectivity index (χ1) is 8.82. The summed E-state index contributed by atoms with van der Waals surface area (Å²) in [5, 5.41) is 0. The first-order valence-corrected chi connectivity index (χ1v) is 8.90. The lowest BCUT2D eigenvalue weighted by Gasteiger charge is -2.30. The van der Waals surface area contributed by atoms with Gasteiger partial charge in [0.15, 0.2) is 0 Å². The van der Waals surface area contributed by atoms with Crippen LogP contribution in [0.1, 0.15) is 45.4 Å². The minimum atomic E-state index is -3.13. The molecule has 1 saturated heterocycles. The van der Waals surface area contributed by atoms with E-state index < -0.39 is 10.0 Å². The lowest BCUT2D eigenvalue weighted by atomic mass is 9.92. The number of carbonyl (C=O) groups is 1. The minimum Gasteiger partial charge on any atom is -0.327 e. The predicted octanol–water partition coefficient (Wildman–Crippen LogP) is 1.13. The second-order valence-electron chi connectivity index (χ2n) is 5.62. The van der Waals surface area contributed by atoms with Gasteiger partial charge in [0.2, 0.25) is 10.0 Å². The summed E-state index contributed by atoms with van der Waals surface area (Å²) in [6, 6.07) is -0.0490. The van der Waals surface area contributed by atoms with Crippen molar-refractivity contribution in [1.82, 2.24) is 4.31 Å². The molecule has 1 fully saturated rings. The number of rotatable bonds is 7. The van der Waals surface area contributed by atoms with Crippen LogP contribution in [0.3, 0.4) is 0 Å². The van der Waals surface area contributed by atoms with E-state index in [-0.39, 0.29) is 17.7 Å². The second-order valence-corrected chi connectivity index (χ2v) is 7.61. The van der Waals surface area contributed by atoms with Gasteiger partial charge in [-0.2, -0.15) is 0 Å². The molecule has 1 aliphatic rings. The summed E-state index contributed by atoms with van der Waals surface area (Å²) in [5.74, 6) is 0.325. The van der Waals surface area contributed by atoms with Gasteiger partial charge in [-0.15, -0.1) is 0 Å². The summed E-state index contributed by atoms with van der Waals surface area (Å²) >= 11 is 0. The monoisotopic (exact) mass is 290 g/mol. The van der Waals surface area contributed by atoms with Crippen LogP contribution < -0.4 is 5.73 Å². The molecule has 1 aliphatic heterocycles. The van der Waals surface area contributed by atoms with Crippen molar-refractivity contribution >= 4 is 15.8 Å². The van der Waals surface area contributed by atoms with Gasteiger partial charge in [0, 0.05) is 32.0 Å². The van der Waals surface area contributed by atoms with Crippen molar-refractivity contribution in [3.63, 3.8) is 0 Å².